The molecule has 1 aromatic heterocycles. The van der Waals surface area contributed by atoms with Crippen LogP contribution in [0, 0.1) is 0 Å². The summed E-state index contributed by atoms with van der Waals surface area (Å²) in [6.45, 7) is 3.66. The van der Waals surface area contributed by atoms with Gasteiger partial charge in [-0.2, -0.15) is 5.10 Å². The molecule has 0 radical (unpaired) electrons. The molecule has 4 rings (SSSR count). The van der Waals surface area contributed by atoms with Crippen molar-refractivity contribution >= 4 is 33.5 Å². The smallest absolute Gasteiger partial charge is 0.341 e. The second-order valence-electron chi connectivity index (χ2n) is 11.1. The van der Waals surface area contributed by atoms with Crippen molar-refractivity contribution in [1.29, 1.82) is 0 Å². The summed E-state index contributed by atoms with van der Waals surface area (Å²) in [4.78, 5) is 39.3. The quantitative estimate of drug-likeness (QED) is 0.174. The molecule has 47 heavy (non-hydrogen) atoms. The summed E-state index contributed by atoms with van der Waals surface area (Å²) in [5.74, 6) is -1.68. The number of aromatic nitrogens is 2. The van der Waals surface area contributed by atoms with Crippen LogP contribution in [0.15, 0.2) is 91.3 Å². The summed E-state index contributed by atoms with van der Waals surface area (Å²) >= 11 is 0. The number of benzene rings is 3. The first kappa shape index (κ1) is 34.9. The van der Waals surface area contributed by atoms with Gasteiger partial charge in [-0.15, -0.1) is 0 Å². The van der Waals surface area contributed by atoms with Crippen molar-refractivity contribution in [1.82, 2.24) is 20.4 Å². The van der Waals surface area contributed by atoms with Crippen LogP contribution in [0.5, 0.6) is 0 Å². The molecule has 0 bridgehead atoms. The number of anilines is 1. The van der Waals surface area contributed by atoms with Gasteiger partial charge in [0.2, 0.25) is 10.0 Å². The molecule has 0 unspecified atom stereocenters. The van der Waals surface area contributed by atoms with E-state index in [9.17, 15) is 27.9 Å². The van der Waals surface area contributed by atoms with Crippen molar-refractivity contribution in [3.05, 3.63) is 119 Å². The highest BCUT2D eigenvalue weighted by atomic mass is 32.2. The summed E-state index contributed by atoms with van der Waals surface area (Å²) in [6.07, 6.45) is 2.89. The highest BCUT2D eigenvalue weighted by molar-refractivity contribution is 7.92. The maximum atomic E-state index is 13.8. The summed E-state index contributed by atoms with van der Waals surface area (Å²) < 4.78 is 32.3. The first-order valence-electron chi connectivity index (χ1n) is 15.0. The average molecular weight is 662 g/mol. The van der Waals surface area contributed by atoms with Crippen LogP contribution < -0.4 is 14.9 Å². The van der Waals surface area contributed by atoms with E-state index in [1.165, 1.54) is 42.3 Å². The maximum absolute atomic E-state index is 13.8. The standard InChI is InChI=1S/C34H39N5O7S/c1-5-46-34(43)28-20-35-39(21-28)22-31(40)30(16-24-12-8-6-9-13-24)37-33(42)27-17-26(18-29(19-27)38(3)47(4,44)45)32(41)36-23(2)25-14-10-7-11-15-25/h6-15,17-21,23,30-31,40H,5,16,22H2,1-4H3,(H,36,41)(H,37,42)/t23-,30+,31+/m1/s1. The molecule has 13 heteroatoms. The number of rotatable bonds is 14. The lowest BCUT2D eigenvalue weighted by molar-refractivity contribution is 0.0525. The van der Waals surface area contributed by atoms with Crippen LogP contribution in [-0.4, -0.2) is 73.1 Å². The zero-order valence-electron chi connectivity index (χ0n) is 26.7. The molecule has 1 heterocycles. The van der Waals surface area contributed by atoms with E-state index in [0.29, 0.717) is 0 Å². The summed E-state index contributed by atoms with van der Waals surface area (Å²) in [5, 5.41) is 21.2. The number of nitrogens with zero attached hydrogens (tertiary/aromatic N) is 3. The molecule has 0 spiro atoms. The van der Waals surface area contributed by atoms with E-state index in [2.05, 4.69) is 15.7 Å². The monoisotopic (exact) mass is 661 g/mol. The molecule has 0 saturated carbocycles. The zero-order valence-corrected chi connectivity index (χ0v) is 27.5. The van der Waals surface area contributed by atoms with E-state index in [0.717, 1.165) is 21.7 Å². The normalized spacial score (nSPS) is 13.2. The second kappa shape index (κ2) is 15.5. The maximum Gasteiger partial charge on any atom is 0.341 e. The van der Waals surface area contributed by atoms with E-state index in [4.69, 9.17) is 4.74 Å². The van der Waals surface area contributed by atoms with Gasteiger partial charge in [-0.3, -0.25) is 18.6 Å². The Morgan fingerprint density at radius 1 is 0.936 bits per heavy atom. The van der Waals surface area contributed by atoms with E-state index in [-0.39, 0.29) is 48.0 Å². The molecule has 3 atom stereocenters. The lowest BCUT2D eigenvalue weighted by Crippen LogP contribution is -2.46. The van der Waals surface area contributed by atoms with Crippen LogP contribution in [0.4, 0.5) is 5.69 Å². The fourth-order valence-corrected chi connectivity index (χ4v) is 5.35. The Balaban J connectivity index is 1.63. The lowest BCUT2D eigenvalue weighted by atomic mass is 10.00. The number of ether oxygens (including phenoxy) is 1. The van der Waals surface area contributed by atoms with Gasteiger partial charge in [0.25, 0.3) is 11.8 Å². The minimum Gasteiger partial charge on any atom is -0.462 e. The van der Waals surface area contributed by atoms with Crippen molar-refractivity contribution in [2.45, 2.75) is 45.0 Å². The van der Waals surface area contributed by atoms with Crippen LogP contribution >= 0.6 is 0 Å². The Labute approximate surface area is 274 Å². The van der Waals surface area contributed by atoms with Gasteiger partial charge in [0.1, 0.15) is 0 Å². The van der Waals surface area contributed by atoms with Crippen LogP contribution in [0.2, 0.25) is 0 Å². The Morgan fingerprint density at radius 3 is 2.13 bits per heavy atom. The van der Waals surface area contributed by atoms with E-state index < -0.39 is 40.0 Å². The molecule has 12 nitrogen and oxygen atoms in total. The molecular weight excluding hydrogens is 622 g/mol. The molecule has 0 aliphatic carbocycles. The predicted octanol–water partition coefficient (Wildman–Crippen LogP) is 3.35. The van der Waals surface area contributed by atoms with Gasteiger partial charge >= 0.3 is 5.97 Å². The van der Waals surface area contributed by atoms with Crippen molar-refractivity contribution in [2.24, 2.45) is 0 Å². The average Bonchev–Trinajstić information content (AvgIpc) is 3.53. The number of aliphatic hydroxyl groups is 1. The third kappa shape index (κ3) is 9.50. The number of carbonyl (C=O) groups excluding carboxylic acids is 3. The number of hydrogen-bond donors (Lipinski definition) is 3. The SMILES string of the molecule is CCOC(=O)c1cnn(C[C@H](O)[C@H](Cc2ccccc2)NC(=O)c2cc(C(=O)N[C@H](C)c3ccccc3)cc(N(C)S(C)(=O)=O)c2)c1. The molecule has 248 valence electrons. The van der Waals surface area contributed by atoms with Gasteiger partial charge in [0.15, 0.2) is 0 Å². The number of amides is 2. The molecular formula is C34H39N5O7S. The lowest BCUT2D eigenvalue weighted by Gasteiger charge is -2.25. The first-order valence-corrected chi connectivity index (χ1v) is 16.9. The molecule has 2 amide bonds. The highest BCUT2D eigenvalue weighted by Crippen LogP contribution is 2.22. The molecule has 0 saturated heterocycles. The van der Waals surface area contributed by atoms with Crippen molar-refractivity contribution in [3.8, 4) is 0 Å². The second-order valence-corrected chi connectivity index (χ2v) is 13.1. The largest absolute Gasteiger partial charge is 0.462 e. The van der Waals surface area contributed by atoms with E-state index in [1.54, 1.807) is 6.92 Å². The summed E-state index contributed by atoms with van der Waals surface area (Å²) in [5.41, 5.74) is 2.14. The van der Waals surface area contributed by atoms with Crippen molar-refractivity contribution in [2.75, 3.05) is 24.2 Å². The molecule has 0 aliphatic rings. The van der Waals surface area contributed by atoms with Gasteiger partial charge in [-0.25, -0.2) is 13.2 Å². The van der Waals surface area contributed by atoms with Crippen LogP contribution in [-0.2, 0) is 27.7 Å². The zero-order chi connectivity index (χ0) is 34.1. The van der Waals surface area contributed by atoms with Crippen molar-refractivity contribution < 1.29 is 32.6 Å². The fourth-order valence-electron chi connectivity index (χ4n) is 4.86. The van der Waals surface area contributed by atoms with E-state index in [1.807, 2.05) is 67.6 Å². The molecule has 4 aromatic rings. The Hall–Kier alpha value is -5.01. The van der Waals surface area contributed by atoms with Crippen LogP contribution in [0.3, 0.4) is 0 Å². The molecule has 0 fully saturated rings. The number of hydrogen-bond acceptors (Lipinski definition) is 8. The number of nitrogens with one attached hydrogen (secondary N) is 2. The molecule has 3 N–H and O–H groups in total. The Kier molecular flexibility index (Phi) is 11.5. The molecule has 0 aliphatic heterocycles. The molecule has 3 aromatic carbocycles. The predicted molar refractivity (Wildman–Crippen MR) is 178 cm³/mol. The topological polar surface area (TPSA) is 160 Å². The van der Waals surface area contributed by atoms with Gasteiger partial charge in [-0.05, 0) is 49.6 Å². The number of esters is 1. The van der Waals surface area contributed by atoms with E-state index >= 15 is 0 Å². The van der Waals surface area contributed by atoms with Gasteiger partial charge in [0.05, 0.1) is 55.0 Å². The van der Waals surface area contributed by atoms with Crippen molar-refractivity contribution in [3.63, 3.8) is 0 Å². The number of carbonyl (C=O) groups is 3. The third-order valence-corrected chi connectivity index (χ3v) is 8.75. The number of aliphatic hydroxyl groups excluding tert-OH is 1. The van der Waals surface area contributed by atoms with Gasteiger partial charge in [0, 0.05) is 24.4 Å². The van der Waals surface area contributed by atoms with Gasteiger partial charge < -0.3 is 20.5 Å². The Bertz CT molecular complexity index is 1800. The summed E-state index contributed by atoms with van der Waals surface area (Å²) in [7, 11) is -2.41. The first-order chi connectivity index (χ1) is 22.3. The van der Waals surface area contributed by atoms with Gasteiger partial charge in [-0.1, -0.05) is 60.7 Å². The highest BCUT2D eigenvalue weighted by Gasteiger charge is 2.26. The number of sulfonamides is 1. The fraction of sp³-hybridized carbons (Fsp3) is 0.294. The Morgan fingerprint density at radius 2 is 1.53 bits per heavy atom. The third-order valence-electron chi connectivity index (χ3n) is 7.55. The van der Waals surface area contributed by atoms with Crippen LogP contribution in [0.1, 0.15) is 62.1 Å². The van der Waals surface area contributed by atoms with Crippen LogP contribution in [0.25, 0.3) is 0 Å². The summed E-state index contributed by atoms with van der Waals surface area (Å²) in [6, 6.07) is 21.5. The minimum atomic E-state index is -3.74. The minimum absolute atomic E-state index is 0.0180.